The minimum Gasteiger partial charge on any atom is -0.428 e. The van der Waals surface area contributed by atoms with Gasteiger partial charge in [0.15, 0.2) is 0 Å². The summed E-state index contributed by atoms with van der Waals surface area (Å²) in [6.45, 7) is 9.06. The third-order valence-electron chi connectivity index (χ3n) is 4.80. The normalized spacial score (nSPS) is 18.8. The van der Waals surface area contributed by atoms with Crippen LogP contribution in [0.15, 0.2) is 48.2 Å². The van der Waals surface area contributed by atoms with E-state index in [4.69, 9.17) is 27.9 Å². The topological polar surface area (TPSA) is 58.6 Å². The van der Waals surface area contributed by atoms with Crippen molar-refractivity contribution in [2.45, 2.75) is 46.4 Å². The highest BCUT2D eigenvalue weighted by Crippen LogP contribution is 2.41. The number of nitrogens with one attached hydrogen (secondary N) is 1. The molecule has 29 heavy (non-hydrogen) atoms. The highest BCUT2D eigenvalue weighted by Gasteiger charge is 2.43. The van der Waals surface area contributed by atoms with E-state index >= 15 is 0 Å². The fourth-order valence-corrected chi connectivity index (χ4v) is 3.63. The molecular formula is C23H25Cl2NO3. The van der Waals surface area contributed by atoms with Gasteiger partial charge in [-0.3, -0.25) is 10.1 Å². The number of benzene rings is 2. The van der Waals surface area contributed by atoms with Gasteiger partial charge in [-0.25, -0.2) is 0 Å². The molecule has 2 aromatic rings. The molecule has 2 N–H and O–H groups in total. The number of halogens is 2. The maximum atomic E-state index is 12.6. The average Bonchev–Trinajstić information content (AvgIpc) is 2.83. The number of carbonyl (C=O) groups excluding carboxylic acids is 1. The summed E-state index contributed by atoms with van der Waals surface area (Å²) in [6.07, 6.45) is -1.03. The van der Waals surface area contributed by atoms with Crippen LogP contribution in [-0.2, 0) is 9.53 Å². The standard InChI is InChI=1S/C23H25Cl2NO3/c1-22(2,3)21(28)29-19-18(20(27)26-23(19,4)5)16-12-14(9-10-17(16)25)13-7-6-8-15(24)11-13/h6-12,20,26-27H,1-5H3. The van der Waals surface area contributed by atoms with Crippen LogP contribution in [0.2, 0.25) is 10.0 Å². The molecule has 1 atom stereocenters. The van der Waals surface area contributed by atoms with Crippen molar-refractivity contribution in [1.29, 1.82) is 0 Å². The first-order chi connectivity index (χ1) is 13.4. The predicted octanol–water partition coefficient (Wildman–Crippen LogP) is 5.66. The number of carbonyl (C=O) groups is 1. The molecule has 0 spiro atoms. The quantitative estimate of drug-likeness (QED) is 0.612. The van der Waals surface area contributed by atoms with Gasteiger partial charge >= 0.3 is 5.97 Å². The summed E-state index contributed by atoms with van der Waals surface area (Å²) in [5, 5.41) is 14.9. The van der Waals surface area contributed by atoms with Crippen molar-refractivity contribution in [3.63, 3.8) is 0 Å². The molecule has 0 fully saturated rings. The predicted molar refractivity (Wildman–Crippen MR) is 118 cm³/mol. The van der Waals surface area contributed by atoms with E-state index in [-0.39, 0.29) is 5.97 Å². The van der Waals surface area contributed by atoms with E-state index in [1.165, 1.54) is 0 Å². The Hall–Kier alpha value is -1.85. The Labute approximate surface area is 181 Å². The van der Waals surface area contributed by atoms with Crippen molar-refractivity contribution in [1.82, 2.24) is 5.32 Å². The van der Waals surface area contributed by atoms with E-state index in [2.05, 4.69) is 5.32 Å². The van der Waals surface area contributed by atoms with Crippen LogP contribution in [0, 0.1) is 5.41 Å². The number of hydrogen-bond acceptors (Lipinski definition) is 4. The van der Waals surface area contributed by atoms with Gasteiger partial charge in [0.2, 0.25) is 0 Å². The first kappa shape index (κ1) is 21.8. The smallest absolute Gasteiger partial charge is 0.316 e. The van der Waals surface area contributed by atoms with Crippen LogP contribution in [-0.4, -0.2) is 22.8 Å². The van der Waals surface area contributed by atoms with Crippen LogP contribution in [0.3, 0.4) is 0 Å². The molecule has 2 aromatic carbocycles. The Balaban J connectivity index is 2.16. The lowest BCUT2D eigenvalue weighted by Crippen LogP contribution is -2.42. The minimum absolute atomic E-state index is 0.370. The summed E-state index contributed by atoms with van der Waals surface area (Å²) in [6, 6.07) is 13.0. The molecule has 0 amide bonds. The van der Waals surface area contributed by atoms with E-state index in [0.29, 0.717) is 26.9 Å². The fraction of sp³-hybridized carbons (Fsp3) is 0.348. The molecule has 0 saturated carbocycles. The van der Waals surface area contributed by atoms with Gasteiger partial charge in [-0.15, -0.1) is 0 Å². The Morgan fingerprint density at radius 3 is 2.38 bits per heavy atom. The molecule has 1 aliphatic heterocycles. The second kappa shape index (κ2) is 7.77. The fourth-order valence-electron chi connectivity index (χ4n) is 3.22. The van der Waals surface area contributed by atoms with E-state index in [1.807, 2.05) is 50.2 Å². The van der Waals surface area contributed by atoms with Gasteiger partial charge < -0.3 is 9.84 Å². The van der Waals surface area contributed by atoms with Crippen molar-refractivity contribution in [2.24, 2.45) is 5.41 Å². The van der Waals surface area contributed by atoms with Gasteiger partial charge in [0.05, 0.1) is 11.0 Å². The molecule has 3 rings (SSSR count). The Kier molecular flexibility index (Phi) is 5.85. The molecular weight excluding hydrogens is 409 g/mol. The number of esters is 1. The summed E-state index contributed by atoms with van der Waals surface area (Å²) in [5.74, 6) is -0.00818. The van der Waals surface area contributed by atoms with Gasteiger partial charge in [-0.05, 0) is 70.0 Å². The van der Waals surface area contributed by atoms with Gasteiger partial charge in [0.25, 0.3) is 0 Å². The Bertz CT molecular complexity index is 990. The van der Waals surface area contributed by atoms with Crippen LogP contribution >= 0.6 is 23.2 Å². The summed E-state index contributed by atoms with van der Waals surface area (Å²) < 4.78 is 5.79. The highest BCUT2D eigenvalue weighted by molar-refractivity contribution is 6.32. The number of aliphatic hydroxyl groups excluding tert-OH is 1. The zero-order valence-electron chi connectivity index (χ0n) is 17.1. The maximum Gasteiger partial charge on any atom is 0.316 e. The van der Waals surface area contributed by atoms with Crippen molar-refractivity contribution >= 4 is 34.7 Å². The van der Waals surface area contributed by atoms with E-state index in [0.717, 1.165) is 11.1 Å². The van der Waals surface area contributed by atoms with E-state index in [9.17, 15) is 9.90 Å². The largest absolute Gasteiger partial charge is 0.428 e. The van der Waals surface area contributed by atoms with Crippen LogP contribution in [0.4, 0.5) is 0 Å². The first-order valence-electron chi connectivity index (χ1n) is 9.39. The van der Waals surface area contributed by atoms with Crippen molar-refractivity contribution in [3.8, 4) is 11.1 Å². The highest BCUT2D eigenvalue weighted by atomic mass is 35.5. The lowest BCUT2D eigenvalue weighted by atomic mass is 9.94. The molecule has 0 aromatic heterocycles. The Morgan fingerprint density at radius 2 is 1.76 bits per heavy atom. The third kappa shape index (κ3) is 4.51. The molecule has 4 nitrogen and oxygen atoms in total. The molecule has 154 valence electrons. The molecule has 6 heteroatoms. The molecule has 0 bridgehead atoms. The van der Waals surface area contributed by atoms with Crippen molar-refractivity contribution in [3.05, 3.63) is 63.8 Å². The van der Waals surface area contributed by atoms with Gasteiger partial charge in [0, 0.05) is 21.2 Å². The average molecular weight is 434 g/mol. The zero-order chi connectivity index (χ0) is 21.6. The van der Waals surface area contributed by atoms with Crippen LogP contribution in [0.1, 0.15) is 40.2 Å². The van der Waals surface area contributed by atoms with Crippen LogP contribution in [0.25, 0.3) is 16.7 Å². The molecule has 0 saturated heterocycles. The zero-order valence-corrected chi connectivity index (χ0v) is 18.7. The summed E-state index contributed by atoms with van der Waals surface area (Å²) in [5.41, 5.74) is 1.44. The molecule has 0 radical (unpaired) electrons. The van der Waals surface area contributed by atoms with Gasteiger partial charge in [-0.1, -0.05) is 41.4 Å². The monoisotopic (exact) mass is 433 g/mol. The second-order valence-electron chi connectivity index (χ2n) is 8.76. The Morgan fingerprint density at radius 1 is 1.10 bits per heavy atom. The minimum atomic E-state index is -1.03. The number of rotatable bonds is 3. The van der Waals surface area contributed by atoms with E-state index < -0.39 is 17.2 Å². The lowest BCUT2D eigenvalue weighted by molar-refractivity contribution is -0.149. The second-order valence-corrected chi connectivity index (χ2v) is 9.60. The molecule has 1 aliphatic rings. The number of ether oxygens (including phenoxy) is 1. The van der Waals surface area contributed by atoms with Gasteiger partial charge in [0.1, 0.15) is 12.0 Å². The maximum absolute atomic E-state index is 12.6. The first-order valence-corrected chi connectivity index (χ1v) is 10.1. The molecule has 1 unspecified atom stereocenters. The lowest BCUT2D eigenvalue weighted by Gasteiger charge is -2.25. The van der Waals surface area contributed by atoms with Crippen molar-refractivity contribution in [2.75, 3.05) is 0 Å². The van der Waals surface area contributed by atoms with Crippen LogP contribution < -0.4 is 5.32 Å². The number of aliphatic hydroxyl groups is 1. The summed E-state index contributed by atoms with van der Waals surface area (Å²) in [4.78, 5) is 12.6. The van der Waals surface area contributed by atoms with Crippen molar-refractivity contribution < 1.29 is 14.6 Å². The molecule has 0 aliphatic carbocycles. The van der Waals surface area contributed by atoms with Crippen LogP contribution in [0.5, 0.6) is 0 Å². The number of hydrogen-bond donors (Lipinski definition) is 2. The third-order valence-corrected chi connectivity index (χ3v) is 5.37. The summed E-state index contributed by atoms with van der Waals surface area (Å²) in [7, 11) is 0. The van der Waals surface area contributed by atoms with Gasteiger partial charge in [-0.2, -0.15) is 0 Å². The summed E-state index contributed by atoms with van der Waals surface area (Å²) >= 11 is 12.6. The van der Waals surface area contributed by atoms with E-state index in [1.54, 1.807) is 26.8 Å². The SMILES string of the molecule is CC(C)(C)C(=O)OC1=C(c2cc(-c3cccc(Cl)c3)ccc2Cl)C(O)NC1(C)C. The molecule has 1 heterocycles.